The molecule has 8 aromatic rings. The van der Waals surface area contributed by atoms with Crippen LogP contribution in [0.2, 0.25) is 0 Å². The third kappa shape index (κ3) is 9.54. The predicted octanol–water partition coefficient (Wildman–Crippen LogP) is 9.06. The number of fused-ring (bicyclic) bond motifs is 8. The van der Waals surface area contributed by atoms with Crippen molar-refractivity contribution in [3.05, 3.63) is 143 Å². The number of imidazole rings is 2. The minimum Gasteiger partial charge on any atom is -0.449 e. The van der Waals surface area contributed by atoms with Crippen LogP contribution in [0.15, 0.2) is 113 Å². The molecule has 2 spiro atoms. The van der Waals surface area contributed by atoms with Crippen molar-refractivity contribution in [2.75, 3.05) is 57.4 Å². The third-order valence-electron chi connectivity index (χ3n) is 15.0. The molecule has 2 amide bonds. The summed E-state index contributed by atoms with van der Waals surface area (Å²) in [6.45, 7) is 4.71. The maximum Gasteiger partial charge on any atom is 0.407 e. The van der Waals surface area contributed by atoms with Gasteiger partial charge in [-0.1, -0.05) is 120 Å². The van der Waals surface area contributed by atoms with Crippen molar-refractivity contribution >= 4 is 111 Å². The van der Waals surface area contributed by atoms with E-state index in [9.17, 15) is 19.8 Å². The number of anilines is 1. The Morgan fingerprint density at radius 1 is 0.644 bits per heavy atom. The summed E-state index contributed by atoms with van der Waals surface area (Å²) < 4.78 is 17.7. The highest BCUT2D eigenvalue weighted by molar-refractivity contribution is 14.1. The zero-order valence-corrected chi connectivity index (χ0v) is 46.7. The van der Waals surface area contributed by atoms with Gasteiger partial charge in [-0.05, 0) is 131 Å². The van der Waals surface area contributed by atoms with Gasteiger partial charge in [0.05, 0.1) is 23.6 Å². The average Bonchev–Trinajstić information content (AvgIpc) is 4.21. The first-order chi connectivity index (χ1) is 35.3. The summed E-state index contributed by atoms with van der Waals surface area (Å²) in [5, 5.41) is 40.0. The maximum atomic E-state index is 12.5. The van der Waals surface area contributed by atoms with Crippen LogP contribution in [0.4, 0.5) is 14.7 Å². The van der Waals surface area contributed by atoms with E-state index >= 15 is 0 Å². The van der Waals surface area contributed by atoms with Crippen LogP contribution in [-0.2, 0) is 9.47 Å². The Kier molecular flexibility index (Phi) is 13.1. The van der Waals surface area contributed by atoms with Crippen LogP contribution in [-0.4, -0.2) is 115 Å². The minimum absolute atomic E-state index is 0.0242. The molecule has 2 saturated carbocycles. The van der Waals surface area contributed by atoms with Crippen LogP contribution in [0.25, 0.3) is 32.2 Å². The second kappa shape index (κ2) is 19.4. The summed E-state index contributed by atoms with van der Waals surface area (Å²) in [4.78, 5) is 37.3. The van der Waals surface area contributed by atoms with E-state index in [1.165, 1.54) is 55.8 Å². The Bertz CT molecular complexity index is 3300. The van der Waals surface area contributed by atoms with Gasteiger partial charge in [0.2, 0.25) is 15.1 Å². The molecule has 14 rings (SSSR count). The fourth-order valence-electron chi connectivity index (χ4n) is 12.0. The van der Waals surface area contributed by atoms with E-state index in [1.54, 1.807) is 22.0 Å². The summed E-state index contributed by atoms with van der Waals surface area (Å²) in [5.74, 6) is 0.0791. The first-order valence-corrected chi connectivity index (χ1v) is 28.6. The van der Waals surface area contributed by atoms with Crippen molar-refractivity contribution in [2.45, 2.75) is 48.7 Å². The van der Waals surface area contributed by atoms with Crippen LogP contribution in [0.5, 0.6) is 0 Å². The molecular weight excluding hydrogens is 1260 g/mol. The average molecular weight is 1310 g/mol. The molecule has 0 radical (unpaired) electrons. The zero-order valence-electron chi connectivity index (χ0n) is 39.1. The van der Waals surface area contributed by atoms with Crippen LogP contribution in [0.3, 0.4) is 0 Å². The molecule has 5 N–H and O–H groups in total. The fourth-order valence-corrected chi connectivity index (χ4v) is 15.3. The van der Waals surface area contributed by atoms with Gasteiger partial charge < -0.3 is 40.5 Å². The Balaban J connectivity index is 0.000000128. The summed E-state index contributed by atoms with van der Waals surface area (Å²) in [5.41, 5.74) is 8.28. The van der Waals surface area contributed by atoms with Gasteiger partial charge in [0, 0.05) is 61.9 Å². The number of hydrogen-bond acceptors (Lipinski definition) is 14. The van der Waals surface area contributed by atoms with Gasteiger partial charge in [0.1, 0.15) is 20.6 Å². The van der Waals surface area contributed by atoms with Gasteiger partial charge in [0.25, 0.3) is 0 Å². The molecular formula is C52H49BrI2N10O6S2. The highest BCUT2D eigenvalue weighted by Gasteiger charge is 2.60. The monoisotopic (exact) mass is 1310 g/mol. The highest BCUT2D eigenvalue weighted by atomic mass is 127. The van der Waals surface area contributed by atoms with Crippen LogP contribution in [0.1, 0.15) is 59.8 Å². The predicted molar refractivity (Wildman–Crippen MR) is 299 cm³/mol. The number of halogens is 3. The number of benzene rings is 4. The first-order valence-electron chi connectivity index (χ1n) is 24.0. The van der Waals surface area contributed by atoms with Gasteiger partial charge in [-0.25, -0.2) is 19.6 Å². The third-order valence-corrected chi connectivity index (χ3v) is 18.8. The molecule has 4 aromatic heterocycles. The number of aromatic nitrogens is 6. The largest absolute Gasteiger partial charge is 0.449 e. The highest BCUT2D eigenvalue weighted by Crippen LogP contribution is 2.55. The second-order valence-corrected chi connectivity index (χ2v) is 25.6. The molecule has 376 valence electrons. The Morgan fingerprint density at radius 2 is 1.05 bits per heavy atom. The summed E-state index contributed by atoms with van der Waals surface area (Å²) in [6.07, 6.45) is 5.50. The molecule has 2 saturated heterocycles. The lowest BCUT2D eigenvalue weighted by atomic mass is 9.55. The second-order valence-electron chi connectivity index (χ2n) is 20.3. The molecule has 4 fully saturated rings. The fraction of sp³-hybridized carbons (Fsp3) is 0.346. The summed E-state index contributed by atoms with van der Waals surface area (Å²) in [7, 11) is 0. The quantitative estimate of drug-likeness (QED) is 0.0863. The molecule has 6 aliphatic rings. The van der Waals surface area contributed by atoms with Crippen molar-refractivity contribution in [1.82, 2.24) is 45.1 Å². The van der Waals surface area contributed by atoms with Gasteiger partial charge >= 0.3 is 12.2 Å². The molecule has 2 aliphatic heterocycles. The number of nitrogens with one attached hydrogen (secondary N) is 3. The van der Waals surface area contributed by atoms with E-state index in [1.807, 2.05) is 59.2 Å². The number of rotatable bonds is 9. The Hall–Kier alpha value is -4.76. The molecule has 4 aromatic carbocycles. The number of carbonyl (C=O) groups excluding carboxylic acids is 2. The van der Waals surface area contributed by atoms with Gasteiger partial charge in [-0.15, -0.1) is 10.2 Å². The summed E-state index contributed by atoms with van der Waals surface area (Å²) in [6, 6.07) is 33.1. The smallest absolute Gasteiger partial charge is 0.407 e. The Labute approximate surface area is 463 Å². The van der Waals surface area contributed by atoms with Crippen molar-refractivity contribution < 1.29 is 29.3 Å². The molecule has 73 heavy (non-hydrogen) atoms. The number of amides is 2. The molecule has 6 heterocycles. The number of hydrogen-bond donors (Lipinski definition) is 5. The van der Waals surface area contributed by atoms with Gasteiger partial charge in [-0.3, -0.25) is 0 Å². The van der Waals surface area contributed by atoms with Crippen molar-refractivity contribution in [3.63, 3.8) is 0 Å². The molecule has 0 bridgehead atoms. The maximum absolute atomic E-state index is 12.5. The van der Waals surface area contributed by atoms with Crippen LogP contribution >= 0.6 is 83.8 Å². The topological polar surface area (TPSA) is 193 Å². The lowest BCUT2D eigenvalue weighted by molar-refractivity contribution is -0.145. The standard InChI is InChI=1S/C26H24IN5O3S.C22H24N2O3.C4HBrIN3S/c27-21-9-28-22-32(21)30-23(36-22)31-14-25(15-31)11-26(34,12-25)13-29-24(33)35-10-20-18-7-3-1-5-16(18)17-6-2-4-8-19(17)20;25-20(24-14-22(26)10-21(11-22)12-23-13-21)27-9-19-17-7-3-1-5-15(17)16-6-2-4-8-18(16)19;5-3-8-9-2(6)1-7-4(9)10-3/h1-9,20,34H,10-15H2,(H,29,33);1-8,19,23,26H,9-14H2,(H,24,25);1H. The van der Waals surface area contributed by atoms with Crippen LogP contribution in [0, 0.1) is 18.2 Å². The molecule has 4 aliphatic carbocycles. The van der Waals surface area contributed by atoms with E-state index in [4.69, 9.17) is 9.47 Å². The normalized spacial score (nSPS) is 19.9. The lowest BCUT2D eigenvalue weighted by Crippen LogP contribution is -2.70. The van der Waals surface area contributed by atoms with Gasteiger partial charge in [-0.2, -0.15) is 9.03 Å². The minimum atomic E-state index is -0.884. The van der Waals surface area contributed by atoms with Crippen molar-refractivity contribution in [3.8, 4) is 22.3 Å². The number of alkyl carbamates (subject to hydrolysis) is 2. The van der Waals surface area contributed by atoms with E-state index in [2.05, 4.69) is 151 Å². The molecule has 0 unspecified atom stereocenters. The van der Waals surface area contributed by atoms with Crippen molar-refractivity contribution in [2.24, 2.45) is 10.8 Å². The number of carbonyl (C=O) groups is 2. The number of aliphatic hydroxyl groups is 2. The van der Waals surface area contributed by atoms with E-state index in [0.29, 0.717) is 19.4 Å². The van der Waals surface area contributed by atoms with Gasteiger partial charge in [0.15, 0.2) is 3.92 Å². The lowest BCUT2D eigenvalue weighted by Gasteiger charge is -2.62. The van der Waals surface area contributed by atoms with E-state index < -0.39 is 23.4 Å². The molecule has 16 nitrogen and oxygen atoms in total. The number of ether oxygens (including phenoxy) is 2. The van der Waals surface area contributed by atoms with Crippen LogP contribution < -0.4 is 20.9 Å². The molecule has 0 atom stereocenters. The summed E-state index contributed by atoms with van der Waals surface area (Å²) >= 11 is 10.8. The number of nitrogens with zero attached hydrogens (tertiary/aromatic N) is 7. The SMILES string of the molecule is Brc1nn2c(I)cnc2s1.O=C(NCC1(O)CC2(CN(c3nn4c(I)cnc4s3)C2)C1)OCC1c2ccccc2-c2ccccc21.O=C(NCC1(O)CC2(CNC2)C1)OCC1c2ccccc2-c2ccccc21. The Morgan fingerprint density at radius 3 is 1.47 bits per heavy atom. The van der Waals surface area contributed by atoms with E-state index in [-0.39, 0.29) is 42.4 Å². The molecule has 21 heteroatoms. The first kappa shape index (κ1) is 49.1. The zero-order chi connectivity index (χ0) is 50.1. The van der Waals surface area contributed by atoms with E-state index in [0.717, 1.165) is 65.4 Å². The van der Waals surface area contributed by atoms with Crippen molar-refractivity contribution in [1.29, 1.82) is 0 Å².